The van der Waals surface area contributed by atoms with Gasteiger partial charge in [0.1, 0.15) is 0 Å². The second-order valence-electron chi connectivity index (χ2n) is 5.01. The zero-order valence-corrected chi connectivity index (χ0v) is 13.0. The highest BCUT2D eigenvalue weighted by atomic mass is 19.2. The Hall–Kier alpha value is -3.16. The number of rotatable bonds is 4. The maximum atomic E-state index is 13.6. The second kappa shape index (κ2) is 6.76. The fraction of sp³-hybridized carbons (Fsp3) is 0.118. The minimum absolute atomic E-state index is 0.0501. The summed E-state index contributed by atoms with van der Waals surface area (Å²) in [5, 5.41) is 4.05. The van der Waals surface area contributed by atoms with Gasteiger partial charge in [-0.2, -0.15) is 5.10 Å². The predicted octanol–water partition coefficient (Wildman–Crippen LogP) is 3.53. The zero-order valence-electron chi connectivity index (χ0n) is 13.0. The molecule has 0 aliphatic rings. The molecule has 25 heavy (non-hydrogen) atoms. The molecule has 2 heterocycles. The molecular weight excluding hydrogens is 335 g/mol. The summed E-state index contributed by atoms with van der Waals surface area (Å²) in [5.74, 6) is -4.99. The fourth-order valence-corrected chi connectivity index (χ4v) is 2.27. The van der Waals surface area contributed by atoms with Crippen LogP contribution in [0.2, 0.25) is 0 Å². The summed E-state index contributed by atoms with van der Waals surface area (Å²) in [6.07, 6.45) is 3.05. The lowest BCUT2D eigenvalue weighted by Gasteiger charge is -2.08. The monoisotopic (exact) mass is 347 g/mol. The van der Waals surface area contributed by atoms with Gasteiger partial charge in [-0.15, -0.1) is 0 Å². The molecule has 2 aromatic heterocycles. The van der Waals surface area contributed by atoms with Crippen LogP contribution >= 0.6 is 0 Å². The molecule has 0 spiro atoms. The molecular formula is C17H12F3N3O2. The highest BCUT2D eigenvalue weighted by Gasteiger charge is 2.20. The Labute approximate surface area is 140 Å². The first-order valence-electron chi connectivity index (χ1n) is 7.33. The van der Waals surface area contributed by atoms with Gasteiger partial charge in [-0.25, -0.2) is 22.6 Å². The molecule has 0 aliphatic carbocycles. The summed E-state index contributed by atoms with van der Waals surface area (Å²) in [6, 6.07) is 6.34. The summed E-state index contributed by atoms with van der Waals surface area (Å²) < 4.78 is 46.4. The van der Waals surface area contributed by atoms with Crippen LogP contribution in [-0.2, 0) is 4.74 Å². The SMILES string of the molecule is CCOC(=O)c1cc(-c2cccnc2)n(-c2cc(F)c(F)c(F)c2)n1. The summed E-state index contributed by atoms with van der Waals surface area (Å²) in [7, 11) is 0. The average Bonchev–Trinajstić information content (AvgIpc) is 3.06. The number of carbonyl (C=O) groups excluding carboxylic acids is 1. The number of ether oxygens (including phenoxy) is 1. The van der Waals surface area contributed by atoms with Crippen molar-refractivity contribution in [3.8, 4) is 16.9 Å². The Morgan fingerprint density at radius 1 is 1.20 bits per heavy atom. The van der Waals surface area contributed by atoms with E-state index in [-0.39, 0.29) is 18.0 Å². The van der Waals surface area contributed by atoms with E-state index in [9.17, 15) is 18.0 Å². The van der Waals surface area contributed by atoms with Gasteiger partial charge in [0.25, 0.3) is 0 Å². The molecule has 0 bridgehead atoms. The van der Waals surface area contributed by atoms with Crippen LogP contribution < -0.4 is 0 Å². The summed E-state index contributed by atoms with van der Waals surface area (Å²) in [5.41, 5.74) is 0.772. The number of halogens is 3. The van der Waals surface area contributed by atoms with Crippen molar-refractivity contribution in [2.75, 3.05) is 6.61 Å². The second-order valence-corrected chi connectivity index (χ2v) is 5.01. The smallest absolute Gasteiger partial charge is 0.358 e. The Bertz CT molecular complexity index is 903. The molecule has 0 atom stereocenters. The third kappa shape index (κ3) is 3.23. The number of esters is 1. The molecule has 3 aromatic rings. The van der Waals surface area contributed by atoms with Crippen LogP contribution in [0.15, 0.2) is 42.7 Å². The highest BCUT2D eigenvalue weighted by molar-refractivity contribution is 5.89. The third-order valence-electron chi connectivity index (χ3n) is 3.36. The van der Waals surface area contributed by atoms with Gasteiger partial charge in [0, 0.05) is 30.1 Å². The standard InChI is InChI=1S/C17H12F3N3O2/c1-2-25-17(24)14-8-15(10-4-3-5-21-9-10)23(22-14)11-6-12(18)16(20)13(19)7-11/h3-9H,2H2,1H3. The van der Waals surface area contributed by atoms with Crippen molar-refractivity contribution in [3.05, 3.63) is 65.9 Å². The largest absolute Gasteiger partial charge is 0.461 e. The molecule has 5 nitrogen and oxygen atoms in total. The first-order valence-corrected chi connectivity index (χ1v) is 7.33. The minimum Gasteiger partial charge on any atom is -0.461 e. The van der Waals surface area contributed by atoms with Crippen LogP contribution in [-0.4, -0.2) is 27.3 Å². The van der Waals surface area contributed by atoms with Gasteiger partial charge in [-0.1, -0.05) is 0 Å². The van der Waals surface area contributed by atoms with Crippen LogP contribution in [0.1, 0.15) is 17.4 Å². The molecule has 0 saturated heterocycles. The Kier molecular flexibility index (Phi) is 4.51. The Morgan fingerprint density at radius 3 is 2.52 bits per heavy atom. The van der Waals surface area contributed by atoms with E-state index in [0.29, 0.717) is 11.3 Å². The van der Waals surface area contributed by atoms with Gasteiger partial charge in [0.05, 0.1) is 18.0 Å². The number of hydrogen-bond acceptors (Lipinski definition) is 4. The van der Waals surface area contributed by atoms with E-state index in [0.717, 1.165) is 16.8 Å². The Morgan fingerprint density at radius 2 is 1.92 bits per heavy atom. The lowest BCUT2D eigenvalue weighted by molar-refractivity contribution is 0.0519. The van der Waals surface area contributed by atoms with Gasteiger partial charge < -0.3 is 4.74 Å². The van der Waals surface area contributed by atoms with E-state index in [1.54, 1.807) is 25.3 Å². The third-order valence-corrected chi connectivity index (χ3v) is 3.36. The summed E-state index contributed by atoms with van der Waals surface area (Å²) in [6.45, 7) is 1.79. The first kappa shape index (κ1) is 16.7. The van der Waals surface area contributed by atoms with Crippen LogP contribution in [0, 0.1) is 17.5 Å². The molecule has 128 valence electrons. The zero-order chi connectivity index (χ0) is 18.0. The quantitative estimate of drug-likeness (QED) is 0.535. The molecule has 0 radical (unpaired) electrons. The maximum absolute atomic E-state index is 13.6. The maximum Gasteiger partial charge on any atom is 0.358 e. The molecule has 0 saturated carbocycles. The lowest BCUT2D eigenvalue weighted by atomic mass is 10.2. The first-order chi connectivity index (χ1) is 12.0. The van der Waals surface area contributed by atoms with Gasteiger partial charge in [0.15, 0.2) is 23.1 Å². The molecule has 8 heteroatoms. The van der Waals surface area contributed by atoms with Crippen molar-refractivity contribution < 1.29 is 22.7 Å². The average molecular weight is 347 g/mol. The summed E-state index contributed by atoms with van der Waals surface area (Å²) >= 11 is 0. The van der Waals surface area contributed by atoms with Gasteiger partial charge >= 0.3 is 5.97 Å². The van der Waals surface area contributed by atoms with Crippen LogP contribution in [0.4, 0.5) is 13.2 Å². The number of nitrogens with zero attached hydrogens (tertiary/aromatic N) is 3. The van der Waals surface area contributed by atoms with Crippen molar-refractivity contribution in [2.24, 2.45) is 0 Å². The number of hydrogen-bond donors (Lipinski definition) is 0. The normalized spacial score (nSPS) is 10.7. The van der Waals surface area contributed by atoms with Crippen molar-refractivity contribution in [3.63, 3.8) is 0 Å². The summed E-state index contributed by atoms with van der Waals surface area (Å²) in [4.78, 5) is 15.9. The lowest BCUT2D eigenvalue weighted by Crippen LogP contribution is -2.07. The number of aromatic nitrogens is 3. The molecule has 0 amide bonds. The molecule has 0 fully saturated rings. The molecule has 0 aliphatic heterocycles. The van der Waals surface area contributed by atoms with Gasteiger partial charge in [-0.3, -0.25) is 4.98 Å². The van der Waals surface area contributed by atoms with Crippen molar-refractivity contribution in [1.29, 1.82) is 0 Å². The van der Waals surface area contributed by atoms with E-state index in [4.69, 9.17) is 4.74 Å². The highest BCUT2D eigenvalue weighted by Crippen LogP contribution is 2.25. The molecule has 0 N–H and O–H groups in total. The van der Waals surface area contributed by atoms with Crippen molar-refractivity contribution in [1.82, 2.24) is 14.8 Å². The predicted molar refractivity (Wildman–Crippen MR) is 82.6 cm³/mol. The van der Waals surface area contributed by atoms with Crippen LogP contribution in [0.3, 0.4) is 0 Å². The van der Waals surface area contributed by atoms with E-state index in [1.807, 2.05) is 0 Å². The van der Waals surface area contributed by atoms with E-state index >= 15 is 0 Å². The van der Waals surface area contributed by atoms with Crippen molar-refractivity contribution >= 4 is 5.97 Å². The fourth-order valence-electron chi connectivity index (χ4n) is 2.27. The van der Waals surface area contributed by atoms with Crippen molar-refractivity contribution in [2.45, 2.75) is 6.92 Å². The van der Waals surface area contributed by atoms with Crippen LogP contribution in [0.25, 0.3) is 16.9 Å². The van der Waals surface area contributed by atoms with E-state index < -0.39 is 23.4 Å². The number of pyridine rings is 1. The molecule has 3 rings (SSSR count). The Balaban J connectivity index is 2.19. The minimum atomic E-state index is -1.58. The molecule has 0 unspecified atom stereocenters. The van der Waals surface area contributed by atoms with Gasteiger partial charge in [0.2, 0.25) is 0 Å². The number of carbonyl (C=O) groups is 1. The topological polar surface area (TPSA) is 57.0 Å². The van der Waals surface area contributed by atoms with Gasteiger partial charge in [-0.05, 0) is 25.1 Å². The van der Waals surface area contributed by atoms with Crippen LogP contribution in [0.5, 0.6) is 0 Å². The van der Waals surface area contributed by atoms with E-state index in [2.05, 4.69) is 10.1 Å². The molecule has 1 aromatic carbocycles. The number of benzene rings is 1. The van der Waals surface area contributed by atoms with E-state index in [1.165, 1.54) is 12.3 Å².